The van der Waals surface area contributed by atoms with Gasteiger partial charge in [-0.25, -0.2) is 0 Å². The molecular weight excluding hydrogens is 508 g/mol. The van der Waals surface area contributed by atoms with Crippen LogP contribution in [0.5, 0.6) is 0 Å². The standard InChI is InChI=1S/C32H44N2O6/c1-6-9-13-19-39-30(38)26-25-28(36)34(24(21-35)22(4)5)27(32(25)17-16-31(26,8-3)40-32)29(37)33(18-7-2)20-23-14-11-10-12-15-23/h6-7,10-12,14-15,22,24-27,35H,1-2,8-9,13,16-21H2,3-5H3/t24-,25-,26+,27?,31-,32?/m0/s1. The first kappa shape index (κ1) is 30.0. The minimum Gasteiger partial charge on any atom is -0.465 e. The summed E-state index contributed by atoms with van der Waals surface area (Å²) in [6.45, 7) is 13.9. The third kappa shape index (κ3) is 5.00. The number of hydrogen-bond donors (Lipinski definition) is 1. The molecule has 1 spiro atoms. The van der Waals surface area contributed by atoms with Crippen LogP contribution in [0.2, 0.25) is 0 Å². The molecule has 0 aromatic heterocycles. The maximum Gasteiger partial charge on any atom is 0.312 e. The lowest BCUT2D eigenvalue weighted by Crippen LogP contribution is -2.59. The van der Waals surface area contributed by atoms with Crippen LogP contribution >= 0.6 is 0 Å². The van der Waals surface area contributed by atoms with E-state index in [9.17, 15) is 19.5 Å². The molecular formula is C32H44N2O6. The van der Waals surface area contributed by atoms with E-state index < -0.39 is 41.1 Å². The van der Waals surface area contributed by atoms with Crippen molar-refractivity contribution in [1.29, 1.82) is 0 Å². The number of hydrogen-bond acceptors (Lipinski definition) is 6. The van der Waals surface area contributed by atoms with E-state index >= 15 is 0 Å². The average Bonchev–Trinajstić information content (AvgIpc) is 3.55. The topological polar surface area (TPSA) is 96.4 Å². The van der Waals surface area contributed by atoms with Crippen LogP contribution in [0.25, 0.3) is 0 Å². The van der Waals surface area contributed by atoms with Gasteiger partial charge in [0.25, 0.3) is 0 Å². The molecule has 0 radical (unpaired) electrons. The van der Waals surface area contributed by atoms with Gasteiger partial charge in [0.1, 0.15) is 17.6 Å². The molecule has 0 aliphatic carbocycles. The summed E-state index contributed by atoms with van der Waals surface area (Å²) in [6, 6.07) is 8.09. The number of fused-ring (bicyclic) bond motifs is 1. The van der Waals surface area contributed by atoms with Gasteiger partial charge in [-0.1, -0.05) is 63.3 Å². The van der Waals surface area contributed by atoms with E-state index in [1.54, 1.807) is 22.0 Å². The van der Waals surface area contributed by atoms with Gasteiger partial charge in [-0.05, 0) is 43.6 Å². The number of carbonyl (C=O) groups is 3. The number of carbonyl (C=O) groups excluding carboxylic acids is 3. The van der Waals surface area contributed by atoms with E-state index in [4.69, 9.17) is 9.47 Å². The summed E-state index contributed by atoms with van der Waals surface area (Å²) in [5.41, 5.74) is -1.09. The van der Waals surface area contributed by atoms with Crippen molar-refractivity contribution in [2.45, 2.75) is 82.7 Å². The summed E-state index contributed by atoms with van der Waals surface area (Å²) >= 11 is 0. The highest BCUT2D eigenvalue weighted by molar-refractivity contribution is 5.98. The van der Waals surface area contributed by atoms with E-state index in [0.29, 0.717) is 32.2 Å². The van der Waals surface area contributed by atoms with E-state index in [-0.39, 0.29) is 37.5 Å². The Balaban J connectivity index is 1.77. The number of aliphatic hydroxyl groups excluding tert-OH is 1. The number of rotatable bonds is 14. The lowest BCUT2D eigenvalue weighted by atomic mass is 9.65. The molecule has 3 heterocycles. The van der Waals surface area contributed by atoms with E-state index in [1.807, 2.05) is 51.1 Å². The molecule has 40 heavy (non-hydrogen) atoms. The van der Waals surface area contributed by atoms with Crippen molar-refractivity contribution >= 4 is 17.8 Å². The fourth-order valence-corrected chi connectivity index (χ4v) is 7.13. The molecule has 1 aromatic rings. The number of ether oxygens (including phenoxy) is 2. The van der Waals surface area contributed by atoms with Crippen molar-refractivity contribution in [2.24, 2.45) is 17.8 Å². The predicted octanol–water partition coefficient (Wildman–Crippen LogP) is 3.88. The van der Waals surface area contributed by atoms with Crippen LogP contribution in [-0.2, 0) is 30.4 Å². The summed E-state index contributed by atoms with van der Waals surface area (Å²) in [4.78, 5) is 45.8. The molecule has 8 nitrogen and oxygen atoms in total. The number of aliphatic hydroxyl groups is 1. The number of amides is 2. The van der Waals surface area contributed by atoms with Crippen LogP contribution in [0.1, 0.15) is 58.4 Å². The summed E-state index contributed by atoms with van der Waals surface area (Å²) in [7, 11) is 0. The zero-order valence-electron chi connectivity index (χ0n) is 24.1. The Morgan fingerprint density at radius 1 is 1.23 bits per heavy atom. The van der Waals surface area contributed by atoms with E-state index in [2.05, 4.69) is 13.2 Å². The Labute approximate surface area is 238 Å². The first-order chi connectivity index (χ1) is 19.2. The quantitative estimate of drug-likeness (QED) is 0.214. The monoisotopic (exact) mass is 552 g/mol. The molecule has 3 saturated heterocycles. The number of unbranched alkanes of at least 4 members (excludes halogenated alkanes) is 1. The van der Waals surface area contributed by atoms with Crippen molar-refractivity contribution < 1.29 is 29.0 Å². The summed E-state index contributed by atoms with van der Waals surface area (Å²) in [6.07, 6.45) is 6.38. The molecule has 6 atom stereocenters. The molecule has 1 N–H and O–H groups in total. The number of esters is 1. The van der Waals surface area contributed by atoms with Crippen molar-refractivity contribution in [3.8, 4) is 0 Å². The summed E-state index contributed by atoms with van der Waals surface area (Å²) in [5.74, 6) is -2.80. The SMILES string of the molecule is C=CCCCOC(=O)[C@H]1[C@H]2C(=O)N([C@@H](CO)C(C)C)C(C(=O)N(CC=C)Cc3ccccc3)C23CC[C@]1(CC)O3. The molecule has 2 unspecified atom stereocenters. The van der Waals surface area contributed by atoms with Crippen molar-refractivity contribution in [3.05, 3.63) is 61.2 Å². The maximum atomic E-state index is 14.6. The lowest BCUT2D eigenvalue weighted by Gasteiger charge is -2.40. The molecule has 8 heteroatoms. The van der Waals surface area contributed by atoms with Gasteiger partial charge in [-0.3, -0.25) is 14.4 Å². The van der Waals surface area contributed by atoms with Crippen LogP contribution in [0.4, 0.5) is 0 Å². The van der Waals surface area contributed by atoms with Gasteiger partial charge in [0, 0.05) is 13.1 Å². The van der Waals surface area contributed by atoms with Crippen LogP contribution < -0.4 is 0 Å². The van der Waals surface area contributed by atoms with Gasteiger partial charge in [0.15, 0.2) is 0 Å². The third-order valence-corrected chi connectivity index (χ3v) is 9.09. The largest absolute Gasteiger partial charge is 0.465 e. The molecule has 1 aromatic carbocycles. The highest BCUT2D eigenvalue weighted by Crippen LogP contribution is 2.65. The minimum absolute atomic E-state index is 0.122. The second-order valence-corrected chi connectivity index (χ2v) is 11.7. The predicted molar refractivity (Wildman–Crippen MR) is 152 cm³/mol. The molecule has 4 rings (SSSR count). The Morgan fingerprint density at radius 2 is 1.95 bits per heavy atom. The fourth-order valence-electron chi connectivity index (χ4n) is 7.13. The van der Waals surface area contributed by atoms with Gasteiger partial charge in [0.2, 0.25) is 11.8 Å². The molecule has 3 aliphatic heterocycles. The first-order valence-electron chi connectivity index (χ1n) is 14.6. The van der Waals surface area contributed by atoms with Gasteiger partial charge >= 0.3 is 5.97 Å². The van der Waals surface area contributed by atoms with Crippen LogP contribution in [0.15, 0.2) is 55.6 Å². The van der Waals surface area contributed by atoms with Gasteiger partial charge < -0.3 is 24.4 Å². The fraction of sp³-hybridized carbons (Fsp3) is 0.594. The minimum atomic E-state index is -1.17. The van der Waals surface area contributed by atoms with Gasteiger partial charge in [-0.2, -0.15) is 0 Å². The lowest BCUT2D eigenvalue weighted by molar-refractivity contribution is -0.164. The van der Waals surface area contributed by atoms with Gasteiger partial charge in [-0.15, -0.1) is 13.2 Å². The second kappa shape index (κ2) is 12.3. The number of benzene rings is 1. The first-order valence-corrected chi connectivity index (χ1v) is 14.6. The van der Waals surface area contributed by atoms with Crippen LogP contribution in [0.3, 0.4) is 0 Å². The van der Waals surface area contributed by atoms with Crippen molar-refractivity contribution in [3.63, 3.8) is 0 Å². The Bertz CT molecular complexity index is 1110. The van der Waals surface area contributed by atoms with Crippen molar-refractivity contribution in [1.82, 2.24) is 9.80 Å². The average molecular weight is 553 g/mol. The third-order valence-electron chi connectivity index (χ3n) is 9.09. The molecule has 0 saturated carbocycles. The zero-order chi connectivity index (χ0) is 29.1. The second-order valence-electron chi connectivity index (χ2n) is 11.7. The number of nitrogens with zero attached hydrogens (tertiary/aromatic N) is 2. The summed E-state index contributed by atoms with van der Waals surface area (Å²) < 4.78 is 12.5. The molecule has 2 amide bonds. The normalized spacial score (nSPS) is 29.4. The highest BCUT2D eigenvalue weighted by Gasteiger charge is 2.79. The number of allylic oxidation sites excluding steroid dienone is 1. The molecule has 218 valence electrons. The van der Waals surface area contributed by atoms with Crippen LogP contribution in [-0.4, -0.2) is 75.7 Å². The molecule has 3 aliphatic rings. The van der Waals surface area contributed by atoms with E-state index in [1.165, 1.54) is 0 Å². The number of likely N-dealkylation sites (tertiary alicyclic amines) is 1. The zero-order valence-corrected chi connectivity index (χ0v) is 24.1. The molecule has 3 fully saturated rings. The Kier molecular flexibility index (Phi) is 9.20. The Hall–Kier alpha value is -2.97. The summed E-state index contributed by atoms with van der Waals surface area (Å²) in [5, 5.41) is 10.4. The van der Waals surface area contributed by atoms with Gasteiger partial charge in [0.05, 0.1) is 30.8 Å². The van der Waals surface area contributed by atoms with Crippen LogP contribution in [0, 0.1) is 17.8 Å². The molecule has 2 bridgehead atoms. The highest BCUT2D eigenvalue weighted by atomic mass is 16.6. The van der Waals surface area contributed by atoms with E-state index in [0.717, 1.165) is 12.0 Å². The maximum absolute atomic E-state index is 14.6. The smallest absolute Gasteiger partial charge is 0.312 e. The Morgan fingerprint density at radius 3 is 2.55 bits per heavy atom. The van der Waals surface area contributed by atoms with Crippen molar-refractivity contribution in [2.75, 3.05) is 19.8 Å².